The Morgan fingerprint density at radius 1 is 1.12 bits per heavy atom. The second-order valence-electron chi connectivity index (χ2n) is 10.9. The van der Waals surface area contributed by atoms with Gasteiger partial charge in [-0.15, -0.1) is 11.7 Å². The minimum absolute atomic E-state index is 0.149. The van der Waals surface area contributed by atoms with E-state index in [1.807, 2.05) is 19.9 Å². The molecule has 4 aromatic rings. The second kappa shape index (κ2) is 10.7. The fraction of sp³-hybridized carbons (Fsp3) is 0.414. The molecule has 1 aliphatic rings. The Balaban J connectivity index is 1.52. The van der Waals surface area contributed by atoms with Crippen LogP contribution in [0.2, 0.25) is 0 Å². The van der Waals surface area contributed by atoms with E-state index in [0.717, 1.165) is 24.3 Å². The van der Waals surface area contributed by atoms with E-state index >= 15 is 0 Å². The molecule has 0 radical (unpaired) electrons. The zero-order valence-electron chi connectivity index (χ0n) is 24.0. The highest BCUT2D eigenvalue weighted by Gasteiger charge is 2.27. The van der Waals surface area contributed by atoms with E-state index in [1.54, 1.807) is 16.8 Å². The minimum atomic E-state index is -0.263. The summed E-state index contributed by atoms with van der Waals surface area (Å²) in [4.78, 5) is 39.6. The van der Waals surface area contributed by atoms with Crippen molar-refractivity contribution in [3.05, 3.63) is 75.5 Å². The number of likely N-dealkylation sites (N-methyl/N-ethyl adjacent to an activating group) is 1. The van der Waals surface area contributed by atoms with E-state index in [1.165, 1.54) is 27.3 Å². The number of fused-ring (bicyclic) bond motifs is 1. The summed E-state index contributed by atoms with van der Waals surface area (Å²) in [6.07, 6.45) is 3.16. The van der Waals surface area contributed by atoms with Crippen molar-refractivity contribution < 1.29 is 0 Å². The molecule has 0 amide bonds. The third-order valence-electron chi connectivity index (χ3n) is 7.65. The number of rotatable bonds is 7. The largest absolute Gasteiger partial charge is 0.368 e. The highest BCUT2D eigenvalue weighted by molar-refractivity contribution is 5.77. The van der Waals surface area contributed by atoms with Crippen molar-refractivity contribution in [1.29, 1.82) is 0 Å². The Morgan fingerprint density at radius 2 is 1.85 bits per heavy atom. The van der Waals surface area contributed by atoms with E-state index in [2.05, 4.69) is 71.7 Å². The molecule has 5 rings (SSSR count). The first-order valence-electron chi connectivity index (χ1n) is 13.6. The van der Waals surface area contributed by atoms with Crippen LogP contribution in [0.3, 0.4) is 0 Å². The fourth-order valence-corrected chi connectivity index (χ4v) is 5.32. The zero-order valence-corrected chi connectivity index (χ0v) is 24.0. The Labute approximate surface area is 233 Å². The van der Waals surface area contributed by atoms with Crippen LogP contribution < -0.4 is 21.3 Å². The molecule has 11 heteroatoms. The summed E-state index contributed by atoms with van der Waals surface area (Å²) < 4.78 is 4.50. The summed E-state index contributed by atoms with van der Waals surface area (Å²) in [5, 5.41) is 8.18. The molecular weight excluding hydrogens is 506 g/mol. The van der Waals surface area contributed by atoms with Gasteiger partial charge in [0.15, 0.2) is 11.5 Å². The van der Waals surface area contributed by atoms with Crippen LogP contribution in [0.25, 0.3) is 16.9 Å². The third kappa shape index (κ3) is 4.92. The van der Waals surface area contributed by atoms with Crippen LogP contribution in [-0.2, 0) is 6.54 Å². The second-order valence-corrected chi connectivity index (χ2v) is 10.9. The number of nitrogens with zero attached hydrogens (tertiary/aromatic N) is 8. The summed E-state index contributed by atoms with van der Waals surface area (Å²) in [5.74, 6) is 0.755. The summed E-state index contributed by atoms with van der Waals surface area (Å²) >= 11 is 0. The molecule has 2 atom stereocenters. The Bertz CT molecular complexity index is 1670. The lowest BCUT2D eigenvalue weighted by molar-refractivity contribution is 0.170. The number of piperazine rings is 1. The molecule has 4 heterocycles. The van der Waals surface area contributed by atoms with Gasteiger partial charge >= 0.3 is 0 Å². The van der Waals surface area contributed by atoms with Crippen molar-refractivity contribution in [3.63, 3.8) is 0 Å². The molecule has 0 aliphatic carbocycles. The van der Waals surface area contributed by atoms with E-state index in [9.17, 15) is 9.59 Å². The molecule has 1 fully saturated rings. The number of anilines is 3. The van der Waals surface area contributed by atoms with Crippen molar-refractivity contribution in [3.8, 4) is 5.82 Å². The van der Waals surface area contributed by atoms with Crippen molar-refractivity contribution in [2.24, 2.45) is 0 Å². The molecule has 210 valence electrons. The van der Waals surface area contributed by atoms with Gasteiger partial charge in [-0.1, -0.05) is 6.08 Å². The molecule has 0 spiro atoms. The number of aromatic nitrogens is 6. The van der Waals surface area contributed by atoms with E-state index in [0.29, 0.717) is 34.9 Å². The van der Waals surface area contributed by atoms with Crippen LogP contribution in [0.15, 0.2) is 58.8 Å². The Morgan fingerprint density at radius 3 is 2.50 bits per heavy atom. The van der Waals surface area contributed by atoms with Gasteiger partial charge in [-0.25, -0.2) is 19.0 Å². The summed E-state index contributed by atoms with van der Waals surface area (Å²) in [6.45, 7) is 16.4. The van der Waals surface area contributed by atoms with E-state index < -0.39 is 0 Å². The van der Waals surface area contributed by atoms with Crippen LogP contribution in [-0.4, -0.2) is 66.2 Å². The van der Waals surface area contributed by atoms with E-state index in [-0.39, 0.29) is 23.7 Å². The molecule has 1 saturated heterocycles. The van der Waals surface area contributed by atoms with Crippen molar-refractivity contribution in [1.82, 2.24) is 34.0 Å². The maximum absolute atomic E-state index is 13.3. The molecule has 11 nitrogen and oxygen atoms in total. The molecule has 2 unspecified atom stereocenters. The molecule has 1 aromatic carbocycles. The average Bonchev–Trinajstić information content (AvgIpc) is 3.18. The Hall–Kier alpha value is -4.25. The molecule has 0 saturated carbocycles. The smallest absolute Gasteiger partial charge is 0.278 e. The maximum Gasteiger partial charge on any atom is 0.278 e. The predicted molar refractivity (Wildman–Crippen MR) is 159 cm³/mol. The first-order chi connectivity index (χ1) is 19.1. The predicted octanol–water partition coefficient (Wildman–Crippen LogP) is 3.49. The van der Waals surface area contributed by atoms with Crippen LogP contribution >= 0.6 is 0 Å². The maximum atomic E-state index is 13.3. The van der Waals surface area contributed by atoms with Gasteiger partial charge in [-0.05, 0) is 71.5 Å². The minimum Gasteiger partial charge on any atom is -0.368 e. The summed E-state index contributed by atoms with van der Waals surface area (Å²) in [7, 11) is 2.19. The topological polar surface area (TPSA) is 106 Å². The first-order valence-corrected chi connectivity index (χ1v) is 13.6. The van der Waals surface area contributed by atoms with Gasteiger partial charge in [0.05, 0.1) is 12.6 Å². The number of hydrogen-bond donors (Lipinski definition) is 1. The number of benzene rings is 1. The average molecular weight is 544 g/mol. The van der Waals surface area contributed by atoms with Crippen LogP contribution in [0.5, 0.6) is 0 Å². The first kappa shape index (κ1) is 27.3. The third-order valence-corrected chi connectivity index (χ3v) is 7.65. The van der Waals surface area contributed by atoms with Crippen molar-refractivity contribution in [2.45, 2.75) is 59.3 Å². The van der Waals surface area contributed by atoms with Gasteiger partial charge in [0.2, 0.25) is 5.95 Å². The SMILES string of the molecule is C=CCn1c(=O)c2cnc(Nc3ccc(N4CC(C)N(C)C(C)C4)c(C)c3)nc2n1-c1ccc(=O)n(C(C)C)n1. The molecule has 0 bridgehead atoms. The van der Waals surface area contributed by atoms with Gasteiger partial charge < -0.3 is 10.2 Å². The lowest BCUT2D eigenvalue weighted by atomic mass is 10.1. The lowest BCUT2D eigenvalue weighted by Crippen LogP contribution is -2.55. The molecule has 1 aliphatic heterocycles. The van der Waals surface area contributed by atoms with Crippen LogP contribution in [0.4, 0.5) is 17.3 Å². The van der Waals surface area contributed by atoms with Gasteiger partial charge in [0, 0.05) is 48.8 Å². The van der Waals surface area contributed by atoms with Gasteiger partial charge in [0.25, 0.3) is 11.1 Å². The van der Waals surface area contributed by atoms with Crippen LogP contribution in [0.1, 0.15) is 39.3 Å². The number of hydrogen-bond acceptors (Lipinski definition) is 8. The lowest BCUT2D eigenvalue weighted by Gasteiger charge is -2.44. The Kier molecular flexibility index (Phi) is 7.33. The van der Waals surface area contributed by atoms with E-state index in [4.69, 9.17) is 4.98 Å². The quantitative estimate of drug-likeness (QED) is 0.353. The van der Waals surface area contributed by atoms with Crippen molar-refractivity contribution >= 4 is 28.4 Å². The van der Waals surface area contributed by atoms with Gasteiger partial charge in [-0.2, -0.15) is 4.98 Å². The van der Waals surface area contributed by atoms with Crippen LogP contribution in [0, 0.1) is 6.92 Å². The van der Waals surface area contributed by atoms with Crippen molar-refractivity contribution in [2.75, 3.05) is 30.4 Å². The molecular formula is C29H37N9O2. The van der Waals surface area contributed by atoms with Gasteiger partial charge in [0.1, 0.15) is 5.39 Å². The monoisotopic (exact) mass is 543 g/mol. The highest BCUT2D eigenvalue weighted by atomic mass is 16.1. The molecule has 3 aromatic heterocycles. The number of allylic oxidation sites excluding steroid dienone is 1. The van der Waals surface area contributed by atoms with Gasteiger partial charge in [-0.3, -0.25) is 14.5 Å². The zero-order chi connectivity index (χ0) is 28.7. The molecule has 1 N–H and O–H groups in total. The fourth-order valence-electron chi connectivity index (χ4n) is 5.32. The summed E-state index contributed by atoms with van der Waals surface area (Å²) in [6, 6.07) is 10.1. The molecule has 40 heavy (non-hydrogen) atoms. The number of nitrogens with one attached hydrogen (secondary N) is 1. The highest BCUT2D eigenvalue weighted by Crippen LogP contribution is 2.28. The number of aryl methyl sites for hydroxylation is 1. The normalized spacial score (nSPS) is 18.0. The summed E-state index contributed by atoms with van der Waals surface area (Å²) in [5.41, 5.74) is 3.13. The standard InChI is InChI=1S/C29H37N9O2/c1-8-13-36-28(40)23-15-30-29(32-27(23)38(36)25-11-12-26(39)37(33-25)18(2)3)31-22-9-10-24(19(4)14-22)35-16-20(5)34(7)21(6)17-35/h8-12,14-15,18,20-21H,1,13,16-17H2,2-7H3,(H,30,31,32).